The molecule has 3 aromatic rings. The van der Waals surface area contributed by atoms with Gasteiger partial charge in [0.1, 0.15) is 24.4 Å². The molecule has 5 N–H and O–H groups in total. The molecule has 0 saturated carbocycles. The van der Waals surface area contributed by atoms with Crippen molar-refractivity contribution in [2.24, 2.45) is 0 Å². The van der Waals surface area contributed by atoms with Crippen LogP contribution in [0.2, 0.25) is 5.02 Å². The number of ether oxygens (including phenoxy) is 1. The smallest absolute Gasteiger partial charge is 0.163 e. The fourth-order valence-electron chi connectivity index (χ4n) is 3.97. The van der Waals surface area contributed by atoms with Gasteiger partial charge in [-0.05, 0) is 36.6 Å². The molecule has 32 heavy (non-hydrogen) atoms. The average Bonchev–Trinajstić information content (AvgIpc) is 3.16. The Kier molecular flexibility index (Phi) is 7.44. The van der Waals surface area contributed by atoms with Gasteiger partial charge in [0.05, 0.1) is 17.1 Å². The number of aryl methyl sites for hydroxylation is 1. The lowest BCUT2D eigenvalue weighted by Crippen LogP contribution is -2.56. The molecule has 1 saturated heterocycles. The number of hydrogen-bond acceptors (Lipinski definition) is 7. The highest BCUT2D eigenvalue weighted by Gasteiger charge is 2.44. The number of halogens is 1. The minimum atomic E-state index is -1.48. The summed E-state index contributed by atoms with van der Waals surface area (Å²) in [6.45, 7) is -0.340. The van der Waals surface area contributed by atoms with Gasteiger partial charge in [-0.1, -0.05) is 47.6 Å². The molecule has 0 unspecified atom stereocenters. The minimum absolute atomic E-state index is 0.161. The summed E-state index contributed by atoms with van der Waals surface area (Å²) in [6.07, 6.45) is -3.04. The van der Waals surface area contributed by atoms with E-state index in [2.05, 4.69) is 0 Å². The summed E-state index contributed by atoms with van der Waals surface area (Å²) in [7, 11) is 0. The van der Waals surface area contributed by atoms with E-state index in [4.69, 9.17) is 21.4 Å². The molecule has 0 aliphatic carbocycles. The SMILES string of the molecule is OCCCc1ccc(Sc2cn([C@@H]3O[C@H](CO)[C@@H](O)[C@H](O)[C@H]3O)c3c(Cl)cccc23)cc1. The van der Waals surface area contributed by atoms with Crippen molar-refractivity contribution in [3.05, 3.63) is 59.2 Å². The number of aliphatic hydroxyl groups is 5. The zero-order chi connectivity index (χ0) is 22.8. The third-order valence-electron chi connectivity index (χ3n) is 5.68. The Morgan fingerprint density at radius 1 is 0.969 bits per heavy atom. The van der Waals surface area contributed by atoms with Crippen LogP contribution >= 0.6 is 23.4 Å². The van der Waals surface area contributed by atoms with Gasteiger partial charge in [-0.3, -0.25) is 0 Å². The molecule has 0 bridgehead atoms. The second kappa shape index (κ2) is 10.1. The number of aromatic nitrogens is 1. The molecule has 5 atom stereocenters. The Bertz CT molecular complexity index is 1060. The first-order valence-electron chi connectivity index (χ1n) is 10.4. The fraction of sp³-hybridized carbons (Fsp3) is 0.391. The molecule has 1 fully saturated rings. The molecule has 9 heteroatoms. The first kappa shape index (κ1) is 23.5. The standard InChI is InChI=1S/C23H26ClNO6S/c24-16-5-1-4-15-18(32-14-8-6-13(7-9-14)3-2-10-26)11-25(19(15)16)23-22(30)21(29)20(28)17(12-27)31-23/h1,4-9,11,17,20-23,26-30H,2-3,10,12H2/t17-,20-,21+,22-,23-/m1/s1. The molecule has 2 aromatic carbocycles. The number of fused-ring (bicyclic) bond motifs is 1. The molecule has 1 aliphatic rings. The third-order valence-corrected chi connectivity index (χ3v) is 7.04. The highest BCUT2D eigenvalue weighted by molar-refractivity contribution is 7.99. The van der Waals surface area contributed by atoms with Crippen LogP contribution in [0.1, 0.15) is 18.2 Å². The van der Waals surface area contributed by atoms with Gasteiger partial charge in [0.25, 0.3) is 0 Å². The largest absolute Gasteiger partial charge is 0.396 e. The van der Waals surface area contributed by atoms with Gasteiger partial charge in [-0.25, -0.2) is 0 Å². The van der Waals surface area contributed by atoms with Crippen molar-refractivity contribution < 1.29 is 30.3 Å². The molecule has 0 amide bonds. The zero-order valence-corrected chi connectivity index (χ0v) is 18.8. The van der Waals surface area contributed by atoms with Gasteiger partial charge in [-0.15, -0.1) is 0 Å². The van der Waals surface area contributed by atoms with Crippen LogP contribution in [0.25, 0.3) is 10.9 Å². The van der Waals surface area contributed by atoms with Crippen LogP contribution in [0.3, 0.4) is 0 Å². The predicted octanol–water partition coefficient (Wildman–Crippen LogP) is 2.34. The van der Waals surface area contributed by atoms with Gasteiger partial charge in [0, 0.05) is 28.0 Å². The van der Waals surface area contributed by atoms with Crippen molar-refractivity contribution in [2.45, 2.75) is 53.3 Å². The monoisotopic (exact) mass is 479 g/mol. The zero-order valence-electron chi connectivity index (χ0n) is 17.2. The van der Waals surface area contributed by atoms with Crippen LogP contribution in [-0.4, -0.2) is 67.7 Å². The minimum Gasteiger partial charge on any atom is -0.396 e. The topological polar surface area (TPSA) is 115 Å². The van der Waals surface area contributed by atoms with E-state index >= 15 is 0 Å². The number of para-hydroxylation sites is 1. The van der Waals surface area contributed by atoms with Crippen molar-refractivity contribution in [1.29, 1.82) is 0 Å². The third kappa shape index (κ3) is 4.55. The lowest BCUT2D eigenvalue weighted by Gasteiger charge is -2.40. The van der Waals surface area contributed by atoms with Crippen LogP contribution in [0.5, 0.6) is 0 Å². The molecule has 0 spiro atoms. The highest BCUT2D eigenvalue weighted by Crippen LogP contribution is 2.41. The van der Waals surface area contributed by atoms with Crippen LogP contribution < -0.4 is 0 Å². The molecular formula is C23H26ClNO6S. The van der Waals surface area contributed by atoms with E-state index < -0.39 is 37.3 Å². The summed E-state index contributed by atoms with van der Waals surface area (Å²) in [4.78, 5) is 1.88. The second-order valence-corrected chi connectivity index (χ2v) is 9.35. The maximum atomic E-state index is 10.6. The first-order valence-corrected chi connectivity index (χ1v) is 11.6. The molecule has 4 rings (SSSR count). The van der Waals surface area contributed by atoms with E-state index in [1.807, 2.05) is 36.4 Å². The van der Waals surface area contributed by atoms with Crippen molar-refractivity contribution in [3.8, 4) is 0 Å². The van der Waals surface area contributed by atoms with Crippen LogP contribution in [0.4, 0.5) is 0 Å². The predicted molar refractivity (Wildman–Crippen MR) is 122 cm³/mol. The molecule has 7 nitrogen and oxygen atoms in total. The van der Waals surface area contributed by atoms with E-state index in [1.165, 1.54) is 11.8 Å². The van der Waals surface area contributed by atoms with Gasteiger partial charge in [-0.2, -0.15) is 0 Å². The second-order valence-electron chi connectivity index (χ2n) is 7.83. The van der Waals surface area contributed by atoms with Crippen molar-refractivity contribution >= 4 is 34.3 Å². The molecule has 2 heterocycles. The van der Waals surface area contributed by atoms with Crippen molar-refractivity contribution in [2.75, 3.05) is 13.2 Å². The van der Waals surface area contributed by atoms with Crippen LogP contribution in [0.15, 0.2) is 58.5 Å². The quantitative estimate of drug-likeness (QED) is 0.353. The van der Waals surface area contributed by atoms with E-state index in [9.17, 15) is 20.4 Å². The van der Waals surface area contributed by atoms with Gasteiger partial charge >= 0.3 is 0 Å². The van der Waals surface area contributed by atoms with Crippen LogP contribution in [0, 0.1) is 0 Å². The maximum Gasteiger partial charge on any atom is 0.163 e. The summed E-state index contributed by atoms with van der Waals surface area (Å²) < 4.78 is 7.41. The normalized spacial score (nSPS) is 26.0. The molecule has 1 aromatic heterocycles. The number of benzene rings is 2. The Balaban J connectivity index is 1.69. The van der Waals surface area contributed by atoms with E-state index in [1.54, 1.807) is 16.8 Å². The fourth-order valence-corrected chi connectivity index (χ4v) is 5.20. The number of aliphatic hydroxyl groups excluding tert-OH is 5. The molecule has 172 valence electrons. The van der Waals surface area contributed by atoms with Crippen molar-refractivity contribution in [3.63, 3.8) is 0 Å². The number of nitrogens with zero attached hydrogens (tertiary/aromatic N) is 1. The van der Waals surface area contributed by atoms with E-state index in [0.717, 1.165) is 33.6 Å². The van der Waals surface area contributed by atoms with E-state index in [0.29, 0.717) is 10.5 Å². The number of rotatable bonds is 7. The summed E-state index contributed by atoms with van der Waals surface area (Å²) in [5, 5.41) is 50.8. The maximum absolute atomic E-state index is 10.6. The van der Waals surface area contributed by atoms with Gasteiger partial charge < -0.3 is 34.8 Å². The number of hydrogen-bond donors (Lipinski definition) is 5. The summed E-state index contributed by atoms with van der Waals surface area (Å²) in [5.41, 5.74) is 1.77. The lowest BCUT2D eigenvalue weighted by molar-refractivity contribution is -0.250. The first-order chi connectivity index (χ1) is 15.4. The van der Waals surface area contributed by atoms with Crippen LogP contribution in [-0.2, 0) is 11.2 Å². The summed E-state index contributed by atoms with van der Waals surface area (Å²) >= 11 is 8.03. The van der Waals surface area contributed by atoms with Crippen molar-refractivity contribution in [1.82, 2.24) is 4.57 Å². The Morgan fingerprint density at radius 3 is 2.41 bits per heavy atom. The molecular weight excluding hydrogens is 454 g/mol. The molecule has 0 radical (unpaired) electrons. The Hall–Kier alpha value is -1.62. The summed E-state index contributed by atoms with van der Waals surface area (Å²) in [6, 6.07) is 13.6. The van der Waals surface area contributed by atoms with E-state index in [-0.39, 0.29) is 6.61 Å². The van der Waals surface area contributed by atoms with Gasteiger partial charge in [0.15, 0.2) is 6.23 Å². The molecule has 1 aliphatic heterocycles. The lowest BCUT2D eigenvalue weighted by atomic mass is 9.98. The average molecular weight is 480 g/mol. The Morgan fingerprint density at radius 2 is 1.72 bits per heavy atom. The van der Waals surface area contributed by atoms with Gasteiger partial charge in [0.2, 0.25) is 0 Å². The highest BCUT2D eigenvalue weighted by atomic mass is 35.5. The summed E-state index contributed by atoms with van der Waals surface area (Å²) in [5.74, 6) is 0. The Labute approximate surface area is 194 Å².